The van der Waals surface area contributed by atoms with Crippen LogP contribution in [0, 0.1) is 11.8 Å². The van der Waals surface area contributed by atoms with Gasteiger partial charge in [0, 0.05) is 6.61 Å². The summed E-state index contributed by atoms with van der Waals surface area (Å²) >= 11 is 0. The van der Waals surface area contributed by atoms with Crippen LogP contribution in [0.4, 0.5) is 0 Å². The zero-order chi connectivity index (χ0) is 10.1. The molecule has 0 unspecified atom stereocenters. The highest BCUT2D eigenvalue weighted by Gasteiger charge is 2.37. The van der Waals surface area contributed by atoms with E-state index in [2.05, 4.69) is 0 Å². The quantitative estimate of drug-likeness (QED) is 0.614. The monoisotopic (exact) mass is 208 g/mol. The molecule has 0 bridgehead atoms. The molecule has 6 heteroatoms. The van der Waals surface area contributed by atoms with Gasteiger partial charge in [0.2, 0.25) is 0 Å². The number of hydrogen-bond donors (Lipinski definition) is 2. The molecular weight excluding hydrogens is 196 g/mol. The first kappa shape index (κ1) is 10.5. The Morgan fingerprint density at radius 2 is 2.08 bits per heavy atom. The molecule has 0 amide bonds. The van der Waals surface area contributed by atoms with E-state index in [1.165, 1.54) is 0 Å². The Labute approximate surface area is 76.3 Å². The first-order valence-corrected chi connectivity index (χ1v) is 5.82. The molecule has 0 aromatic carbocycles. The van der Waals surface area contributed by atoms with Gasteiger partial charge in [-0.25, -0.2) is 8.42 Å². The second-order valence-electron chi connectivity index (χ2n) is 3.29. The number of rotatable bonds is 2. The van der Waals surface area contributed by atoms with Gasteiger partial charge in [-0.2, -0.15) is 0 Å². The number of sulfone groups is 1. The van der Waals surface area contributed by atoms with Crippen molar-refractivity contribution in [3.63, 3.8) is 0 Å². The number of carboxylic acids is 1. The van der Waals surface area contributed by atoms with Crippen molar-refractivity contribution in [1.82, 2.24) is 0 Å². The third-order valence-electron chi connectivity index (χ3n) is 2.35. The number of hydrogen-bond acceptors (Lipinski definition) is 4. The van der Waals surface area contributed by atoms with Gasteiger partial charge in [-0.3, -0.25) is 4.79 Å². The van der Waals surface area contributed by atoms with E-state index in [9.17, 15) is 13.2 Å². The van der Waals surface area contributed by atoms with E-state index in [-0.39, 0.29) is 24.5 Å². The molecule has 1 aliphatic rings. The van der Waals surface area contributed by atoms with Gasteiger partial charge in [-0.1, -0.05) is 0 Å². The van der Waals surface area contributed by atoms with Gasteiger partial charge in [-0.05, 0) is 12.3 Å². The van der Waals surface area contributed by atoms with Crippen molar-refractivity contribution in [3.8, 4) is 0 Å². The molecule has 1 aliphatic heterocycles. The molecule has 1 rings (SSSR count). The minimum atomic E-state index is -3.21. The highest BCUT2D eigenvalue weighted by atomic mass is 32.2. The van der Waals surface area contributed by atoms with Crippen LogP contribution in [0.5, 0.6) is 0 Å². The Balaban J connectivity index is 2.80. The van der Waals surface area contributed by atoms with Crippen LogP contribution in [0.25, 0.3) is 0 Å². The van der Waals surface area contributed by atoms with Crippen molar-refractivity contribution >= 4 is 15.8 Å². The average Bonchev–Trinajstić information content (AvgIpc) is 2.03. The van der Waals surface area contributed by atoms with E-state index in [4.69, 9.17) is 10.2 Å². The Kier molecular flexibility index (Phi) is 2.92. The van der Waals surface area contributed by atoms with Crippen LogP contribution in [0.2, 0.25) is 0 Å². The van der Waals surface area contributed by atoms with Crippen LogP contribution in [0.15, 0.2) is 0 Å². The summed E-state index contributed by atoms with van der Waals surface area (Å²) in [5, 5.41) is 17.5. The van der Waals surface area contributed by atoms with Gasteiger partial charge in [-0.15, -0.1) is 0 Å². The fourth-order valence-corrected chi connectivity index (χ4v) is 3.31. The van der Waals surface area contributed by atoms with E-state index in [0.717, 1.165) is 0 Å². The molecule has 2 atom stereocenters. The van der Waals surface area contributed by atoms with Crippen LogP contribution in [0.1, 0.15) is 6.42 Å². The average molecular weight is 208 g/mol. The lowest BCUT2D eigenvalue weighted by Crippen LogP contribution is -2.39. The SMILES string of the molecule is O=C(O)[C@@H]1CS(=O)(=O)CC[C@H]1CO. The summed E-state index contributed by atoms with van der Waals surface area (Å²) in [5.41, 5.74) is 0. The van der Waals surface area contributed by atoms with Gasteiger partial charge in [0.15, 0.2) is 9.84 Å². The van der Waals surface area contributed by atoms with Crippen molar-refractivity contribution in [1.29, 1.82) is 0 Å². The smallest absolute Gasteiger partial charge is 0.307 e. The first-order chi connectivity index (χ1) is 5.96. The first-order valence-electron chi connectivity index (χ1n) is 4.00. The van der Waals surface area contributed by atoms with Crippen molar-refractivity contribution in [2.45, 2.75) is 6.42 Å². The fraction of sp³-hybridized carbons (Fsp3) is 0.857. The molecule has 0 spiro atoms. The van der Waals surface area contributed by atoms with Gasteiger partial charge < -0.3 is 10.2 Å². The number of carbonyl (C=O) groups is 1. The second kappa shape index (κ2) is 3.63. The summed E-state index contributed by atoms with van der Waals surface area (Å²) in [6.45, 7) is -0.257. The lowest BCUT2D eigenvalue weighted by Gasteiger charge is -2.26. The van der Waals surface area contributed by atoms with Crippen molar-refractivity contribution < 1.29 is 23.4 Å². The predicted molar refractivity (Wildman–Crippen MR) is 45.0 cm³/mol. The summed E-state index contributed by atoms with van der Waals surface area (Å²) in [5.74, 6) is -2.85. The van der Waals surface area contributed by atoms with Crippen LogP contribution < -0.4 is 0 Å². The maximum absolute atomic E-state index is 11.1. The molecule has 1 heterocycles. The molecule has 1 fully saturated rings. The molecule has 0 aromatic heterocycles. The van der Waals surface area contributed by atoms with E-state index in [1.807, 2.05) is 0 Å². The Bertz CT molecular complexity index is 294. The lowest BCUT2D eigenvalue weighted by molar-refractivity contribution is -0.143. The largest absolute Gasteiger partial charge is 0.481 e. The molecule has 0 aromatic rings. The van der Waals surface area contributed by atoms with Crippen LogP contribution in [-0.4, -0.2) is 42.7 Å². The summed E-state index contributed by atoms with van der Waals surface area (Å²) in [7, 11) is -3.21. The van der Waals surface area contributed by atoms with Gasteiger partial charge in [0.05, 0.1) is 17.4 Å². The van der Waals surface area contributed by atoms with Crippen LogP contribution in [0.3, 0.4) is 0 Å². The number of aliphatic hydroxyl groups is 1. The standard InChI is InChI=1S/C7H12O5S/c8-3-5-1-2-13(11,12)4-6(5)7(9)10/h5-6,8H,1-4H2,(H,9,10)/t5-,6+/m0/s1. The second-order valence-corrected chi connectivity index (χ2v) is 5.52. The van der Waals surface area contributed by atoms with E-state index < -0.39 is 27.6 Å². The molecule has 1 saturated heterocycles. The molecule has 0 radical (unpaired) electrons. The van der Waals surface area contributed by atoms with E-state index >= 15 is 0 Å². The number of aliphatic carboxylic acids is 1. The third kappa shape index (κ3) is 2.41. The van der Waals surface area contributed by atoms with Gasteiger partial charge >= 0.3 is 5.97 Å². The minimum absolute atomic E-state index is 0.0119. The van der Waals surface area contributed by atoms with E-state index in [1.54, 1.807) is 0 Å². The summed E-state index contributed by atoms with van der Waals surface area (Å²) in [4.78, 5) is 10.6. The Morgan fingerprint density at radius 3 is 2.54 bits per heavy atom. The zero-order valence-corrected chi connectivity index (χ0v) is 7.83. The third-order valence-corrected chi connectivity index (χ3v) is 4.08. The van der Waals surface area contributed by atoms with E-state index in [0.29, 0.717) is 0 Å². The molecule has 2 N–H and O–H groups in total. The Morgan fingerprint density at radius 1 is 1.46 bits per heavy atom. The molecule has 76 valence electrons. The lowest BCUT2D eigenvalue weighted by atomic mass is 9.92. The van der Waals surface area contributed by atoms with Crippen LogP contribution in [-0.2, 0) is 14.6 Å². The highest BCUT2D eigenvalue weighted by molar-refractivity contribution is 7.91. The summed E-state index contributed by atoms with van der Waals surface area (Å²) < 4.78 is 22.2. The molecule has 5 nitrogen and oxygen atoms in total. The molecular formula is C7H12O5S. The van der Waals surface area contributed by atoms with Crippen molar-refractivity contribution in [2.75, 3.05) is 18.1 Å². The summed E-state index contributed by atoms with van der Waals surface area (Å²) in [6, 6.07) is 0. The topological polar surface area (TPSA) is 91.7 Å². The fourth-order valence-electron chi connectivity index (χ4n) is 1.52. The van der Waals surface area contributed by atoms with Gasteiger partial charge in [0.25, 0.3) is 0 Å². The minimum Gasteiger partial charge on any atom is -0.481 e. The van der Waals surface area contributed by atoms with Crippen molar-refractivity contribution in [3.05, 3.63) is 0 Å². The maximum atomic E-state index is 11.1. The highest BCUT2D eigenvalue weighted by Crippen LogP contribution is 2.24. The van der Waals surface area contributed by atoms with Gasteiger partial charge in [0.1, 0.15) is 0 Å². The summed E-state index contributed by atoms with van der Waals surface area (Å²) in [6.07, 6.45) is 0.246. The van der Waals surface area contributed by atoms with Crippen LogP contribution >= 0.6 is 0 Å². The molecule has 13 heavy (non-hydrogen) atoms. The zero-order valence-electron chi connectivity index (χ0n) is 7.01. The Hall–Kier alpha value is -0.620. The predicted octanol–water partition coefficient (Wildman–Crippen LogP) is -0.886. The molecule has 0 aliphatic carbocycles. The normalized spacial score (nSPS) is 32.7. The maximum Gasteiger partial charge on any atom is 0.307 e. The number of aliphatic hydroxyl groups excluding tert-OH is 1. The van der Waals surface area contributed by atoms with Crippen molar-refractivity contribution in [2.24, 2.45) is 11.8 Å². The number of carboxylic acid groups (broad SMARTS) is 1. The molecule has 0 saturated carbocycles.